The number of carbonyl (C=O) groups is 1. The van der Waals surface area contributed by atoms with Gasteiger partial charge in [-0.25, -0.2) is 19.6 Å². The summed E-state index contributed by atoms with van der Waals surface area (Å²) in [6, 6.07) is 8.85. The summed E-state index contributed by atoms with van der Waals surface area (Å²) in [6.45, 7) is 13.4. The van der Waals surface area contributed by atoms with Crippen LogP contribution in [0.3, 0.4) is 0 Å². The maximum atomic E-state index is 12.8. The Kier molecular flexibility index (Phi) is 5.69. The normalized spacial score (nSPS) is 23.1. The summed E-state index contributed by atoms with van der Waals surface area (Å²) in [5, 5.41) is 0.455. The number of ether oxygens (including phenoxy) is 2. The second-order valence-corrected chi connectivity index (χ2v) is 8.30. The second kappa shape index (κ2) is 8.29. The van der Waals surface area contributed by atoms with E-state index in [0.29, 0.717) is 32.7 Å². The number of nitrogens with zero attached hydrogens (tertiary/aromatic N) is 4. The van der Waals surface area contributed by atoms with E-state index in [1.54, 1.807) is 35.8 Å². The maximum Gasteiger partial charge on any atom is 0.338 e. The predicted molar refractivity (Wildman–Crippen MR) is 120 cm³/mol. The summed E-state index contributed by atoms with van der Waals surface area (Å²) in [6.07, 6.45) is -0.632. The van der Waals surface area contributed by atoms with Crippen LogP contribution in [0.15, 0.2) is 34.9 Å². The molecule has 0 radical (unpaired) electrons. The van der Waals surface area contributed by atoms with Gasteiger partial charge in [-0.15, -0.1) is 0 Å². The quantitative estimate of drug-likeness (QED) is 0.422. The molecule has 4 rings (SSSR count). The number of hydrogen-bond donors (Lipinski definition) is 1. The number of nitrogens with two attached hydrogens (primary N) is 1. The topological polar surface area (TPSA) is 96.6 Å². The minimum atomic E-state index is -0.673. The van der Waals surface area contributed by atoms with Crippen molar-refractivity contribution in [1.29, 1.82) is 0 Å². The average molecular weight is 484 g/mol. The maximum absolute atomic E-state index is 12.8. The van der Waals surface area contributed by atoms with Crippen molar-refractivity contribution in [2.24, 2.45) is 5.92 Å². The van der Waals surface area contributed by atoms with Gasteiger partial charge in [-0.05, 0) is 41.4 Å². The van der Waals surface area contributed by atoms with Crippen LogP contribution in [0, 0.1) is 19.4 Å². The minimum absolute atomic E-state index is 0.0660. The van der Waals surface area contributed by atoms with Crippen LogP contribution in [0.25, 0.3) is 15.9 Å². The molecule has 0 aliphatic carbocycles. The van der Waals surface area contributed by atoms with Crippen LogP contribution in [-0.2, 0) is 9.47 Å². The van der Waals surface area contributed by atoms with Gasteiger partial charge in [0.1, 0.15) is 17.3 Å². The molecule has 8 nitrogen and oxygen atoms in total. The van der Waals surface area contributed by atoms with Gasteiger partial charge in [-0.3, -0.25) is 4.57 Å². The van der Waals surface area contributed by atoms with Crippen LogP contribution in [0.2, 0.25) is 0 Å². The summed E-state index contributed by atoms with van der Waals surface area (Å²) in [7, 11) is 0. The number of aromatic nitrogens is 3. The fraction of sp³-hybridized carbons (Fsp3) is 0.364. The first-order valence-corrected chi connectivity index (χ1v) is 10.8. The first kappa shape index (κ1) is 21.3. The molecule has 160 valence electrons. The zero-order valence-electron chi connectivity index (χ0n) is 17.4. The third kappa shape index (κ3) is 3.56. The van der Waals surface area contributed by atoms with Crippen LogP contribution >= 0.6 is 15.9 Å². The summed E-state index contributed by atoms with van der Waals surface area (Å²) < 4.78 is 14.5. The Morgan fingerprint density at radius 3 is 2.71 bits per heavy atom. The number of benzene rings is 1. The van der Waals surface area contributed by atoms with E-state index in [0.717, 1.165) is 6.42 Å². The van der Waals surface area contributed by atoms with Crippen molar-refractivity contribution in [3.8, 4) is 0 Å². The van der Waals surface area contributed by atoms with E-state index in [9.17, 15) is 4.79 Å². The van der Waals surface area contributed by atoms with Gasteiger partial charge >= 0.3 is 5.97 Å². The molecule has 1 fully saturated rings. The Bertz CT molecular complexity index is 1190. The third-order valence-electron chi connectivity index (χ3n) is 5.62. The van der Waals surface area contributed by atoms with Crippen molar-refractivity contribution in [1.82, 2.24) is 14.5 Å². The largest absolute Gasteiger partial charge is 0.454 e. The van der Waals surface area contributed by atoms with E-state index in [1.807, 2.05) is 19.9 Å². The highest BCUT2D eigenvalue weighted by Crippen LogP contribution is 2.46. The molecule has 2 N–H and O–H groups in total. The Hall–Kier alpha value is -2.96. The molecule has 3 heterocycles. The number of esters is 1. The van der Waals surface area contributed by atoms with E-state index >= 15 is 0 Å². The zero-order valence-corrected chi connectivity index (χ0v) is 19.0. The smallest absolute Gasteiger partial charge is 0.338 e. The first-order chi connectivity index (χ1) is 14.9. The molecule has 1 saturated heterocycles. The number of fused-ring (bicyclic) bond motifs is 1. The van der Waals surface area contributed by atoms with E-state index < -0.39 is 18.3 Å². The van der Waals surface area contributed by atoms with Gasteiger partial charge < -0.3 is 15.2 Å². The molecule has 0 bridgehead atoms. The zero-order chi connectivity index (χ0) is 22.3. The molecular formula is C22H22BrN5O3. The molecule has 1 aromatic carbocycles. The molecule has 1 aliphatic heterocycles. The lowest BCUT2D eigenvalue weighted by molar-refractivity contribution is -0.0476. The molecule has 31 heavy (non-hydrogen) atoms. The molecule has 0 spiro atoms. The van der Waals surface area contributed by atoms with E-state index in [1.165, 1.54) is 0 Å². The first-order valence-electron chi connectivity index (χ1n) is 9.99. The van der Waals surface area contributed by atoms with Crippen molar-refractivity contribution in [3.05, 3.63) is 57.7 Å². The molecule has 1 aliphatic rings. The van der Waals surface area contributed by atoms with Crippen LogP contribution in [0.1, 0.15) is 42.7 Å². The average Bonchev–Trinajstić information content (AvgIpc) is 3.21. The molecule has 1 unspecified atom stereocenters. The van der Waals surface area contributed by atoms with Gasteiger partial charge in [0.05, 0.1) is 28.2 Å². The predicted octanol–water partition coefficient (Wildman–Crippen LogP) is 4.80. The lowest BCUT2D eigenvalue weighted by Gasteiger charge is -2.24. The Balaban J connectivity index is 1.83. The fourth-order valence-corrected chi connectivity index (χ4v) is 4.74. The van der Waals surface area contributed by atoms with Crippen molar-refractivity contribution in [3.63, 3.8) is 0 Å². The molecule has 9 heteroatoms. The second-order valence-electron chi connectivity index (χ2n) is 7.54. The highest BCUT2D eigenvalue weighted by molar-refractivity contribution is 9.10. The Morgan fingerprint density at radius 2 is 2.06 bits per heavy atom. The molecule has 3 aromatic rings. The number of carbonyl (C=O) groups excluding carboxylic acids is 1. The highest BCUT2D eigenvalue weighted by atomic mass is 79.9. The number of rotatable bonds is 4. The molecular weight excluding hydrogens is 462 g/mol. The Morgan fingerprint density at radius 1 is 1.35 bits per heavy atom. The van der Waals surface area contributed by atoms with Gasteiger partial charge in [0.2, 0.25) is 5.69 Å². The molecule has 0 saturated carbocycles. The molecule has 2 aromatic heterocycles. The standard InChI is InChI=1S/C22H22BrN5O3/c1-5-14-11(2)17(31-22(29)13-9-7-6-8-10-13)21(30-14)28-18(23)16(25-4)15-19(24)26-12(3)27-20(15)28/h6-11,14,17,21H,5H2,1-3H3,(H2,24,26,27)/t11-,14-,17-,21?/m1/s1. The minimum Gasteiger partial charge on any atom is -0.454 e. The van der Waals surface area contributed by atoms with Gasteiger partial charge in [0.15, 0.2) is 12.3 Å². The van der Waals surface area contributed by atoms with Crippen LogP contribution < -0.4 is 5.73 Å². The number of anilines is 1. The third-order valence-corrected chi connectivity index (χ3v) is 6.38. The monoisotopic (exact) mass is 483 g/mol. The molecule has 0 amide bonds. The highest BCUT2D eigenvalue weighted by Gasteiger charge is 2.46. The van der Waals surface area contributed by atoms with E-state index in [4.69, 9.17) is 21.8 Å². The number of aryl methyl sites for hydroxylation is 1. The van der Waals surface area contributed by atoms with Gasteiger partial charge in [0.25, 0.3) is 0 Å². The summed E-state index contributed by atoms with van der Waals surface area (Å²) in [4.78, 5) is 25.2. The van der Waals surface area contributed by atoms with Gasteiger partial charge in [-0.2, -0.15) is 0 Å². The van der Waals surface area contributed by atoms with Crippen molar-refractivity contribution < 1.29 is 14.3 Å². The Labute approximate surface area is 188 Å². The van der Waals surface area contributed by atoms with Gasteiger partial charge in [0, 0.05) is 5.92 Å². The summed E-state index contributed by atoms with van der Waals surface area (Å²) >= 11 is 3.53. The number of hydrogen-bond acceptors (Lipinski definition) is 6. The van der Waals surface area contributed by atoms with Crippen molar-refractivity contribution >= 4 is 44.4 Å². The summed E-state index contributed by atoms with van der Waals surface area (Å²) in [5.74, 6) is 0.211. The van der Waals surface area contributed by atoms with E-state index in [2.05, 4.69) is 30.7 Å². The van der Waals surface area contributed by atoms with Crippen LogP contribution in [0.5, 0.6) is 0 Å². The van der Waals surface area contributed by atoms with Crippen LogP contribution in [-0.4, -0.2) is 32.7 Å². The number of halogens is 1. The van der Waals surface area contributed by atoms with Gasteiger partial charge in [-0.1, -0.05) is 32.0 Å². The van der Waals surface area contributed by atoms with E-state index in [-0.39, 0.29) is 17.8 Å². The lowest BCUT2D eigenvalue weighted by Crippen LogP contribution is -2.30. The fourth-order valence-electron chi connectivity index (χ4n) is 4.08. The summed E-state index contributed by atoms with van der Waals surface area (Å²) in [5.41, 5.74) is 7.37. The molecule has 4 atom stereocenters. The van der Waals surface area contributed by atoms with Crippen molar-refractivity contribution in [2.45, 2.75) is 45.6 Å². The SMILES string of the molecule is [C-]#[N+]c1c(Br)n(C2O[C@H](CC)[C@@H](C)[C@H]2OC(=O)c2ccccc2)c2nc(C)nc(N)c12. The van der Waals surface area contributed by atoms with Crippen LogP contribution in [0.4, 0.5) is 11.5 Å². The lowest BCUT2D eigenvalue weighted by atomic mass is 9.98. The number of nitrogen functional groups attached to an aromatic ring is 1. The van der Waals surface area contributed by atoms with Crippen molar-refractivity contribution in [2.75, 3.05) is 5.73 Å².